The van der Waals surface area contributed by atoms with Crippen LogP contribution in [0.4, 0.5) is 5.69 Å². The maximum atomic E-state index is 10.3. The van der Waals surface area contributed by atoms with Crippen molar-refractivity contribution in [1.29, 1.82) is 0 Å². The number of benzene rings is 1. The molecule has 0 bridgehead atoms. The van der Waals surface area contributed by atoms with E-state index in [1.165, 1.54) is 18.2 Å². The Morgan fingerprint density at radius 3 is 2.20 bits per heavy atom. The molecule has 0 heterocycles. The largest absolute Gasteiger partial charge is 0.507 e. The number of rotatable bonds is 1. The van der Waals surface area contributed by atoms with Crippen molar-refractivity contribution >= 4 is 53.1 Å². The average molecular weight is 265 g/mol. The van der Waals surface area contributed by atoms with Crippen LogP contribution in [-0.4, -0.2) is 22.1 Å². The monoisotopic (exact) mass is 265 g/mol. The molecule has 0 atom stereocenters. The molecule has 15 heavy (non-hydrogen) atoms. The fourth-order valence-corrected chi connectivity index (χ4v) is 0.730. The molecular weight excluding hydrogens is 254 g/mol. The Balaban J connectivity index is 0. The third-order valence-corrected chi connectivity index (χ3v) is 1.25. The minimum Gasteiger partial charge on any atom is -0.507 e. The van der Waals surface area contributed by atoms with Crippen LogP contribution >= 0.6 is 35.5 Å². The van der Waals surface area contributed by atoms with Crippen LogP contribution in [0.15, 0.2) is 18.2 Å². The molecule has 0 spiro atoms. The van der Waals surface area contributed by atoms with Gasteiger partial charge >= 0.3 is 5.97 Å². The van der Waals surface area contributed by atoms with E-state index in [9.17, 15) is 4.79 Å². The molecule has 1 rings (SSSR count). The van der Waals surface area contributed by atoms with E-state index in [-0.39, 0.29) is 11.3 Å². The summed E-state index contributed by atoms with van der Waals surface area (Å²) in [6.07, 6.45) is 0. The van der Waals surface area contributed by atoms with Crippen LogP contribution in [0.3, 0.4) is 0 Å². The number of aromatic hydroxyl groups is 1. The van der Waals surface area contributed by atoms with Crippen LogP contribution in [0.2, 0.25) is 0 Å². The second kappa shape index (κ2) is 9.63. The average Bonchev–Trinajstić information content (AvgIpc) is 2.23. The number of thiocarbonyl (C=S) groups is 1. The van der Waals surface area contributed by atoms with Gasteiger partial charge in [-0.15, -0.1) is 23.3 Å². The number of thiol groups is 2. The number of nitrogens with two attached hydrogens (primary N) is 1. The second-order valence-corrected chi connectivity index (χ2v) is 2.08. The van der Waals surface area contributed by atoms with Crippen molar-refractivity contribution in [3.05, 3.63) is 23.8 Å². The van der Waals surface area contributed by atoms with Crippen LogP contribution in [0.1, 0.15) is 10.4 Å². The summed E-state index contributed by atoms with van der Waals surface area (Å²) in [5, 5.41) is 17.5. The van der Waals surface area contributed by atoms with Crippen molar-refractivity contribution in [2.75, 3.05) is 5.73 Å². The Morgan fingerprint density at radius 2 is 1.87 bits per heavy atom. The SMILES string of the molecule is C=S.Nc1ccc(C(=O)O)c(O)c1.SS. The first-order chi connectivity index (χ1) is 7.11. The van der Waals surface area contributed by atoms with E-state index in [2.05, 4.69) is 41.4 Å². The number of aromatic carboxylic acids is 1. The van der Waals surface area contributed by atoms with Crippen molar-refractivity contribution in [3.8, 4) is 5.75 Å². The van der Waals surface area contributed by atoms with E-state index in [1.807, 2.05) is 0 Å². The molecule has 0 aliphatic rings. The standard InChI is InChI=1S/C7H7NO3.CH2S.H2S2/c8-4-1-2-5(7(10)11)6(9)3-4;2*1-2/h1-3,9H,8H2,(H,10,11);1H2;1-2H. The number of carboxylic acids is 1. The zero-order chi connectivity index (χ0) is 12.4. The Labute approximate surface area is 103 Å². The van der Waals surface area contributed by atoms with Gasteiger partial charge in [-0.25, -0.2) is 4.79 Å². The van der Waals surface area contributed by atoms with Crippen molar-refractivity contribution < 1.29 is 15.0 Å². The molecule has 1 aromatic carbocycles. The molecule has 0 unspecified atom stereocenters. The number of hydrogen-bond donors (Lipinski definition) is 5. The molecule has 0 aliphatic heterocycles. The third kappa shape index (κ3) is 6.21. The van der Waals surface area contributed by atoms with Crippen LogP contribution in [-0.2, 0) is 0 Å². The molecule has 4 N–H and O–H groups in total. The number of carboxylic acid groups (broad SMARTS) is 1. The number of carbonyl (C=O) groups is 1. The third-order valence-electron chi connectivity index (χ3n) is 1.25. The molecule has 0 radical (unpaired) electrons. The fourth-order valence-electron chi connectivity index (χ4n) is 0.730. The van der Waals surface area contributed by atoms with Gasteiger partial charge in [-0.2, -0.15) is 0 Å². The van der Waals surface area contributed by atoms with Gasteiger partial charge in [0.2, 0.25) is 0 Å². The van der Waals surface area contributed by atoms with Crippen molar-refractivity contribution in [2.24, 2.45) is 0 Å². The van der Waals surface area contributed by atoms with Gasteiger partial charge in [-0.05, 0) is 18.0 Å². The minimum atomic E-state index is -1.16. The first kappa shape index (κ1) is 16.5. The summed E-state index contributed by atoms with van der Waals surface area (Å²) < 4.78 is 0. The van der Waals surface area contributed by atoms with Gasteiger partial charge in [0, 0.05) is 11.8 Å². The molecular formula is C8H11NO3S3. The van der Waals surface area contributed by atoms with E-state index < -0.39 is 5.97 Å². The lowest BCUT2D eigenvalue weighted by atomic mass is 10.2. The smallest absolute Gasteiger partial charge is 0.339 e. The second-order valence-electron chi connectivity index (χ2n) is 2.08. The van der Waals surface area contributed by atoms with Crippen molar-refractivity contribution in [3.63, 3.8) is 0 Å². The highest BCUT2D eigenvalue weighted by atomic mass is 33.1. The van der Waals surface area contributed by atoms with Crippen LogP contribution in [0.5, 0.6) is 5.75 Å². The zero-order valence-electron chi connectivity index (χ0n) is 7.62. The topological polar surface area (TPSA) is 83.6 Å². The first-order valence-corrected chi connectivity index (χ1v) is 5.59. The summed E-state index contributed by atoms with van der Waals surface area (Å²) in [5.41, 5.74) is 5.48. The number of nitrogen functional groups attached to an aromatic ring is 1. The summed E-state index contributed by atoms with van der Waals surface area (Å²) in [6.45, 7) is 0. The molecule has 0 aromatic heterocycles. The molecule has 0 amide bonds. The lowest BCUT2D eigenvalue weighted by Gasteiger charge is -1.98. The first-order valence-electron chi connectivity index (χ1n) is 3.42. The Hall–Kier alpha value is -0.920. The molecule has 4 nitrogen and oxygen atoms in total. The van der Waals surface area contributed by atoms with Gasteiger partial charge in [-0.1, -0.05) is 12.2 Å². The maximum absolute atomic E-state index is 10.3. The predicted octanol–water partition coefficient (Wildman–Crippen LogP) is 2.05. The molecule has 1 aromatic rings. The number of anilines is 1. The highest BCUT2D eigenvalue weighted by Crippen LogP contribution is 2.19. The lowest BCUT2D eigenvalue weighted by Crippen LogP contribution is -1.97. The number of phenols is 1. The zero-order valence-corrected chi connectivity index (χ0v) is 10.2. The van der Waals surface area contributed by atoms with E-state index in [1.54, 1.807) is 0 Å². The summed E-state index contributed by atoms with van der Waals surface area (Å²) >= 11 is 10.3. The molecule has 0 fully saturated rings. The molecule has 0 aliphatic carbocycles. The Morgan fingerprint density at radius 1 is 1.40 bits per heavy atom. The highest BCUT2D eigenvalue weighted by molar-refractivity contribution is 8.59. The van der Waals surface area contributed by atoms with E-state index in [0.29, 0.717) is 5.69 Å². The Kier molecular flexibility index (Phi) is 10.6. The maximum Gasteiger partial charge on any atom is 0.339 e. The van der Waals surface area contributed by atoms with E-state index >= 15 is 0 Å². The lowest BCUT2D eigenvalue weighted by molar-refractivity contribution is 0.0694. The summed E-state index contributed by atoms with van der Waals surface area (Å²) in [7, 11) is 0. The van der Waals surface area contributed by atoms with Gasteiger partial charge < -0.3 is 15.9 Å². The highest BCUT2D eigenvalue weighted by Gasteiger charge is 2.07. The van der Waals surface area contributed by atoms with E-state index in [4.69, 9.17) is 15.9 Å². The summed E-state index contributed by atoms with van der Waals surface area (Å²) in [5.74, 6) is 1.36. The predicted molar refractivity (Wildman–Crippen MR) is 72.2 cm³/mol. The van der Waals surface area contributed by atoms with Gasteiger partial charge in [0.25, 0.3) is 0 Å². The fraction of sp³-hybridized carbons (Fsp3) is 0. The minimum absolute atomic E-state index is 0.140. The van der Waals surface area contributed by atoms with Crippen molar-refractivity contribution in [2.45, 2.75) is 0 Å². The summed E-state index contributed by atoms with van der Waals surface area (Å²) in [4.78, 5) is 10.3. The van der Waals surface area contributed by atoms with Crippen molar-refractivity contribution in [1.82, 2.24) is 0 Å². The van der Waals surface area contributed by atoms with Gasteiger partial charge in [0.15, 0.2) is 0 Å². The quantitative estimate of drug-likeness (QED) is 0.232. The number of hydrogen-bond acceptors (Lipinski definition) is 6. The van der Waals surface area contributed by atoms with Crippen LogP contribution in [0.25, 0.3) is 0 Å². The molecule has 84 valence electrons. The van der Waals surface area contributed by atoms with Gasteiger partial charge in [0.1, 0.15) is 11.3 Å². The van der Waals surface area contributed by atoms with Crippen LogP contribution < -0.4 is 5.73 Å². The Bertz CT molecular complexity index is 320. The van der Waals surface area contributed by atoms with Gasteiger partial charge in [0.05, 0.1) is 0 Å². The molecule has 0 saturated carbocycles. The van der Waals surface area contributed by atoms with Gasteiger partial charge in [-0.3, -0.25) is 0 Å². The molecule has 0 saturated heterocycles. The summed E-state index contributed by atoms with van der Waals surface area (Å²) in [6, 6.07) is 3.87. The molecule has 7 heteroatoms. The normalized spacial score (nSPS) is 7.60. The van der Waals surface area contributed by atoms with Crippen LogP contribution in [0, 0.1) is 0 Å². The van der Waals surface area contributed by atoms with E-state index in [0.717, 1.165) is 0 Å².